The molecule has 4 heteroatoms. The molecule has 0 saturated heterocycles. The molecule has 1 atom stereocenters. The summed E-state index contributed by atoms with van der Waals surface area (Å²) in [7, 11) is 2.02. The van der Waals surface area contributed by atoms with E-state index in [1.807, 2.05) is 24.5 Å². The molecule has 0 aliphatic rings. The summed E-state index contributed by atoms with van der Waals surface area (Å²) in [5.41, 5.74) is 1.38. The standard InChI is InChI=1S/C13H16ClNS2/c1-8-6-12(16-9(8)2)11(15-3)7-10-4-5-13(14)17-10/h4-6,11,15H,7H2,1-3H3. The van der Waals surface area contributed by atoms with Crippen molar-refractivity contribution in [3.63, 3.8) is 0 Å². The van der Waals surface area contributed by atoms with E-state index in [1.165, 1.54) is 20.2 Å². The highest BCUT2D eigenvalue weighted by Gasteiger charge is 2.14. The number of likely N-dealkylation sites (N-methyl/N-ethyl adjacent to an activating group) is 1. The van der Waals surface area contributed by atoms with Crippen molar-refractivity contribution < 1.29 is 0 Å². The Morgan fingerprint density at radius 3 is 2.53 bits per heavy atom. The summed E-state index contributed by atoms with van der Waals surface area (Å²) in [5.74, 6) is 0. The minimum Gasteiger partial charge on any atom is -0.312 e. The van der Waals surface area contributed by atoms with Gasteiger partial charge in [0, 0.05) is 27.1 Å². The third kappa shape index (κ3) is 3.10. The van der Waals surface area contributed by atoms with Crippen molar-refractivity contribution in [3.8, 4) is 0 Å². The van der Waals surface area contributed by atoms with Gasteiger partial charge >= 0.3 is 0 Å². The van der Waals surface area contributed by atoms with Crippen molar-refractivity contribution in [2.45, 2.75) is 26.3 Å². The van der Waals surface area contributed by atoms with Crippen LogP contribution in [0.2, 0.25) is 4.34 Å². The van der Waals surface area contributed by atoms with Crippen LogP contribution in [0.25, 0.3) is 0 Å². The molecular weight excluding hydrogens is 270 g/mol. The number of halogens is 1. The summed E-state index contributed by atoms with van der Waals surface area (Å²) in [4.78, 5) is 4.15. The first-order valence-electron chi connectivity index (χ1n) is 5.58. The molecule has 2 aromatic rings. The zero-order valence-electron chi connectivity index (χ0n) is 10.2. The SMILES string of the molecule is CNC(Cc1ccc(Cl)s1)c1cc(C)c(C)s1. The maximum atomic E-state index is 5.96. The van der Waals surface area contributed by atoms with E-state index in [9.17, 15) is 0 Å². The first kappa shape index (κ1) is 13.1. The van der Waals surface area contributed by atoms with Gasteiger partial charge in [-0.15, -0.1) is 22.7 Å². The molecular formula is C13H16ClNS2. The van der Waals surface area contributed by atoms with Crippen molar-refractivity contribution in [2.24, 2.45) is 0 Å². The molecule has 92 valence electrons. The van der Waals surface area contributed by atoms with Crippen LogP contribution < -0.4 is 5.32 Å². The number of thiophene rings is 2. The van der Waals surface area contributed by atoms with E-state index in [0.717, 1.165) is 10.8 Å². The average molecular weight is 286 g/mol. The Kier molecular flexibility index (Phi) is 4.26. The minimum absolute atomic E-state index is 0.391. The highest BCUT2D eigenvalue weighted by molar-refractivity contribution is 7.16. The van der Waals surface area contributed by atoms with Gasteiger partial charge in [-0.05, 0) is 44.7 Å². The summed E-state index contributed by atoms with van der Waals surface area (Å²) in [5, 5.41) is 3.39. The maximum absolute atomic E-state index is 5.96. The van der Waals surface area contributed by atoms with Gasteiger partial charge in [0.1, 0.15) is 0 Å². The van der Waals surface area contributed by atoms with E-state index >= 15 is 0 Å². The van der Waals surface area contributed by atoms with Gasteiger partial charge in [0.2, 0.25) is 0 Å². The second-order valence-electron chi connectivity index (χ2n) is 4.14. The first-order valence-corrected chi connectivity index (χ1v) is 7.59. The minimum atomic E-state index is 0.391. The molecule has 0 aliphatic heterocycles. The molecule has 0 bridgehead atoms. The lowest BCUT2D eigenvalue weighted by molar-refractivity contribution is 0.606. The third-order valence-corrected chi connectivity index (χ3v) is 5.43. The predicted octanol–water partition coefficient (Wildman–Crippen LogP) is 4.58. The molecule has 1 nitrogen and oxygen atoms in total. The van der Waals surface area contributed by atoms with Crippen LogP contribution in [0, 0.1) is 13.8 Å². The summed E-state index contributed by atoms with van der Waals surface area (Å²) in [6, 6.07) is 6.77. The normalized spacial score (nSPS) is 12.9. The molecule has 0 saturated carbocycles. The largest absolute Gasteiger partial charge is 0.312 e. The molecule has 2 aromatic heterocycles. The van der Waals surface area contributed by atoms with Crippen LogP contribution in [0.5, 0.6) is 0 Å². The summed E-state index contributed by atoms with van der Waals surface area (Å²) >= 11 is 9.51. The van der Waals surface area contributed by atoms with Crippen LogP contribution in [0.1, 0.15) is 26.2 Å². The Hall–Kier alpha value is -0.350. The second kappa shape index (κ2) is 5.53. The van der Waals surface area contributed by atoms with E-state index in [4.69, 9.17) is 11.6 Å². The van der Waals surface area contributed by atoms with Crippen molar-refractivity contribution in [1.82, 2.24) is 5.32 Å². The molecule has 0 spiro atoms. The van der Waals surface area contributed by atoms with Crippen LogP contribution in [0.15, 0.2) is 18.2 Å². The van der Waals surface area contributed by atoms with Gasteiger partial charge in [0.15, 0.2) is 0 Å². The summed E-state index contributed by atoms with van der Waals surface area (Å²) < 4.78 is 0.869. The van der Waals surface area contributed by atoms with E-state index in [0.29, 0.717) is 6.04 Å². The highest BCUT2D eigenvalue weighted by atomic mass is 35.5. The highest BCUT2D eigenvalue weighted by Crippen LogP contribution is 2.31. The summed E-state index contributed by atoms with van der Waals surface area (Å²) in [6.07, 6.45) is 1.01. The molecule has 2 rings (SSSR count). The van der Waals surface area contributed by atoms with Crippen molar-refractivity contribution in [2.75, 3.05) is 7.05 Å². The lowest BCUT2D eigenvalue weighted by atomic mass is 10.1. The zero-order chi connectivity index (χ0) is 12.4. The van der Waals surface area contributed by atoms with Crippen LogP contribution in [-0.2, 0) is 6.42 Å². The molecule has 0 amide bonds. The van der Waals surface area contributed by atoms with Gasteiger partial charge in [-0.25, -0.2) is 0 Å². The maximum Gasteiger partial charge on any atom is 0.0931 e. The Balaban J connectivity index is 2.16. The van der Waals surface area contributed by atoms with Gasteiger partial charge in [-0.2, -0.15) is 0 Å². The Morgan fingerprint density at radius 1 is 1.29 bits per heavy atom. The van der Waals surface area contributed by atoms with E-state index in [1.54, 1.807) is 11.3 Å². The Labute approximate surface area is 115 Å². The first-order chi connectivity index (χ1) is 8.10. The topological polar surface area (TPSA) is 12.0 Å². The molecule has 0 radical (unpaired) electrons. The van der Waals surface area contributed by atoms with Crippen LogP contribution in [0.3, 0.4) is 0 Å². The summed E-state index contributed by atoms with van der Waals surface area (Å²) in [6.45, 7) is 4.35. The molecule has 17 heavy (non-hydrogen) atoms. The van der Waals surface area contributed by atoms with Gasteiger partial charge in [-0.3, -0.25) is 0 Å². The fraction of sp³-hybridized carbons (Fsp3) is 0.385. The van der Waals surface area contributed by atoms with Gasteiger partial charge in [0.05, 0.1) is 4.34 Å². The molecule has 1 unspecified atom stereocenters. The zero-order valence-corrected chi connectivity index (χ0v) is 12.6. The number of rotatable bonds is 4. The lowest BCUT2D eigenvalue weighted by Gasteiger charge is -2.13. The fourth-order valence-corrected chi connectivity index (χ4v) is 4.07. The van der Waals surface area contributed by atoms with Gasteiger partial charge in [-0.1, -0.05) is 11.6 Å². The fourth-order valence-electron chi connectivity index (χ4n) is 1.78. The van der Waals surface area contributed by atoms with E-state index in [-0.39, 0.29) is 0 Å². The molecule has 1 N–H and O–H groups in total. The van der Waals surface area contributed by atoms with Crippen LogP contribution in [0.4, 0.5) is 0 Å². The average Bonchev–Trinajstić information content (AvgIpc) is 2.83. The predicted molar refractivity (Wildman–Crippen MR) is 78.6 cm³/mol. The lowest BCUT2D eigenvalue weighted by Crippen LogP contribution is -2.17. The smallest absolute Gasteiger partial charge is 0.0931 e. The Morgan fingerprint density at radius 2 is 2.06 bits per heavy atom. The molecule has 2 heterocycles. The molecule has 0 aliphatic carbocycles. The van der Waals surface area contributed by atoms with Gasteiger partial charge in [0.25, 0.3) is 0 Å². The second-order valence-corrected chi connectivity index (χ2v) is 7.23. The number of aryl methyl sites for hydroxylation is 2. The number of nitrogens with one attached hydrogen (secondary N) is 1. The number of hydrogen-bond donors (Lipinski definition) is 1. The van der Waals surface area contributed by atoms with E-state index < -0.39 is 0 Å². The van der Waals surface area contributed by atoms with Crippen molar-refractivity contribution in [3.05, 3.63) is 42.7 Å². The quantitative estimate of drug-likeness (QED) is 0.867. The van der Waals surface area contributed by atoms with Crippen molar-refractivity contribution >= 4 is 34.3 Å². The Bertz CT molecular complexity index is 482. The third-order valence-electron chi connectivity index (χ3n) is 2.91. The van der Waals surface area contributed by atoms with E-state index in [2.05, 4.69) is 31.3 Å². The van der Waals surface area contributed by atoms with Crippen LogP contribution in [-0.4, -0.2) is 7.05 Å². The van der Waals surface area contributed by atoms with Crippen LogP contribution >= 0.6 is 34.3 Å². The monoisotopic (exact) mass is 285 g/mol. The molecule has 0 fully saturated rings. The number of hydrogen-bond acceptors (Lipinski definition) is 3. The van der Waals surface area contributed by atoms with Crippen molar-refractivity contribution in [1.29, 1.82) is 0 Å². The van der Waals surface area contributed by atoms with Gasteiger partial charge < -0.3 is 5.32 Å². The molecule has 0 aromatic carbocycles.